The third-order valence-electron chi connectivity index (χ3n) is 19.1. The van der Waals surface area contributed by atoms with Gasteiger partial charge in [0.05, 0.1) is 26.4 Å². The standard InChI is InChI=1S/C93H164O16P2/c1-4-7-10-13-16-19-22-25-28-30-32-34-36-38-40-41-42-43-44-45-47-49-50-52-54-56-59-61-64-67-70-73-76-79-91(96)103-82-88(94)83-105-110(99,100)106-84-89(95)85-107-111(101,102)108-87-90(109-93(98)81-78-75-72-69-66-63-58-27-24-21-18-15-12-9-6-3)86-104-92(97)80-77-74-71-68-65-62-60-57-55-53-51-48-46-39-37-35-33-31-29-26-23-20-17-14-11-8-5-2/h8,11,16-17,19-20,25-29,32-35,38-40,46,58,88-90,94-95H,4-7,9-10,12-15,18,21-24,30-31,36-37,41-45,47-57,59-87H2,1-3H3,(H,99,100)(H,101,102)/b11-8-,19-16-,20-17-,28-25-,29-26-,34-32-,35-33-,40-38-,46-39-,58-27-. The number of ether oxygens (including phenoxy) is 3. The zero-order chi connectivity index (χ0) is 80.8. The number of carbonyl (C=O) groups is 3. The Morgan fingerprint density at radius 1 is 0.261 bits per heavy atom. The molecule has 0 aromatic rings. The largest absolute Gasteiger partial charge is 0.472 e. The molecule has 18 heteroatoms. The molecule has 111 heavy (non-hydrogen) atoms. The van der Waals surface area contributed by atoms with Gasteiger partial charge < -0.3 is 34.2 Å². The van der Waals surface area contributed by atoms with Crippen molar-refractivity contribution in [1.82, 2.24) is 0 Å². The fraction of sp³-hybridized carbons (Fsp3) is 0.753. The summed E-state index contributed by atoms with van der Waals surface area (Å²) in [6.45, 7) is 2.58. The molecule has 0 aromatic carbocycles. The molecule has 0 rings (SSSR count). The van der Waals surface area contributed by atoms with E-state index in [1.165, 1.54) is 193 Å². The Morgan fingerprint density at radius 3 is 0.784 bits per heavy atom. The van der Waals surface area contributed by atoms with Crippen molar-refractivity contribution in [2.24, 2.45) is 0 Å². The minimum atomic E-state index is -4.94. The second kappa shape index (κ2) is 85.3. The van der Waals surface area contributed by atoms with Crippen LogP contribution in [0.4, 0.5) is 0 Å². The predicted octanol–water partition coefficient (Wildman–Crippen LogP) is 27.2. The molecule has 0 fully saturated rings. The highest BCUT2D eigenvalue weighted by atomic mass is 31.2. The molecular formula is C93H164O16P2. The van der Waals surface area contributed by atoms with Crippen LogP contribution in [0.2, 0.25) is 0 Å². The van der Waals surface area contributed by atoms with Crippen molar-refractivity contribution in [3.63, 3.8) is 0 Å². The van der Waals surface area contributed by atoms with Crippen LogP contribution in [0.3, 0.4) is 0 Å². The van der Waals surface area contributed by atoms with E-state index in [4.69, 9.17) is 32.3 Å². The van der Waals surface area contributed by atoms with E-state index in [0.717, 1.165) is 141 Å². The number of phosphoric acid groups is 2. The van der Waals surface area contributed by atoms with E-state index in [1.54, 1.807) is 0 Å². The molecule has 0 spiro atoms. The van der Waals surface area contributed by atoms with Crippen LogP contribution >= 0.6 is 15.6 Å². The van der Waals surface area contributed by atoms with Crippen LogP contribution in [0.15, 0.2) is 122 Å². The first-order valence-electron chi connectivity index (χ1n) is 44.8. The lowest BCUT2D eigenvalue weighted by Crippen LogP contribution is -2.30. The quantitative estimate of drug-likeness (QED) is 0.0146. The van der Waals surface area contributed by atoms with E-state index < -0.39 is 91.5 Å². The highest BCUT2D eigenvalue weighted by Gasteiger charge is 2.29. The second-order valence-electron chi connectivity index (χ2n) is 30.0. The van der Waals surface area contributed by atoms with E-state index in [2.05, 4.69) is 142 Å². The topological polar surface area (TPSA) is 231 Å². The number of phosphoric ester groups is 2. The number of carbonyl (C=O) groups excluding carboxylic acids is 3. The first kappa shape index (κ1) is 107. The van der Waals surface area contributed by atoms with Crippen LogP contribution in [0, 0.1) is 0 Å². The number of esters is 3. The van der Waals surface area contributed by atoms with Gasteiger partial charge in [-0.3, -0.25) is 32.5 Å². The maximum absolute atomic E-state index is 13.0. The van der Waals surface area contributed by atoms with E-state index in [0.29, 0.717) is 19.3 Å². The highest BCUT2D eigenvalue weighted by molar-refractivity contribution is 7.47. The SMILES string of the molecule is CC/C=C\C/C=C\C/C=C\C/C=C\C/C=C\CCCCCCCCCCCCCC(=O)OCC(COP(=O)(O)OCC(O)COP(=O)(O)OCC(O)COC(=O)CCCCCCCCCCCCCCCCCCC/C=C\C/C=C\C/C=C\C/C=C\CCCCC)OC(=O)CCCCCCC/C=C\CCCCCCCC. The van der Waals surface area contributed by atoms with Crippen molar-refractivity contribution >= 4 is 33.6 Å². The number of unbranched alkanes of at least 4 members (excludes halogenated alkanes) is 42. The molecule has 0 heterocycles. The minimum absolute atomic E-state index is 0.0943. The fourth-order valence-corrected chi connectivity index (χ4v) is 13.9. The molecule has 0 aliphatic rings. The molecule has 0 aromatic heterocycles. The third-order valence-corrected chi connectivity index (χ3v) is 21.0. The van der Waals surface area contributed by atoms with E-state index in [-0.39, 0.29) is 19.3 Å². The van der Waals surface area contributed by atoms with E-state index in [9.17, 15) is 43.5 Å². The average Bonchev–Trinajstić information content (AvgIpc) is 0.912. The molecule has 0 aliphatic carbocycles. The normalized spacial score (nSPS) is 14.4. The summed E-state index contributed by atoms with van der Waals surface area (Å²) < 4.78 is 61.4. The Kier molecular flexibility index (Phi) is 82.2. The van der Waals surface area contributed by atoms with Crippen LogP contribution in [-0.2, 0) is 55.8 Å². The molecule has 5 unspecified atom stereocenters. The highest BCUT2D eigenvalue weighted by Crippen LogP contribution is 2.45. The molecular weight excluding hydrogens is 1430 g/mol. The van der Waals surface area contributed by atoms with Crippen molar-refractivity contribution in [2.45, 2.75) is 411 Å². The van der Waals surface area contributed by atoms with Crippen molar-refractivity contribution in [3.8, 4) is 0 Å². The molecule has 0 radical (unpaired) electrons. The molecule has 5 atom stereocenters. The van der Waals surface area contributed by atoms with Crippen molar-refractivity contribution in [1.29, 1.82) is 0 Å². The lowest BCUT2D eigenvalue weighted by molar-refractivity contribution is -0.161. The molecule has 0 bridgehead atoms. The second-order valence-corrected chi connectivity index (χ2v) is 32.9. The minimum Gasteiger partial charge on any atom is -0.463 e. The summed E-state index contributed by atoms with van der Waals surface area (Å²) in [5.41, 5.74) is 0. The zero-order valence-corrected chi connectivity index (χ0v) is 72.4. The van der Waals surface area contributed by atoms with Gasteiger partial charge in [-0.2, -0.15) is 0 Å². The van der Waals surface area contributed by atoms with Gasteiger partial charge in [-0.1, -0.05) is 361 Å². The van der Waals surface area contributed by atoms with Crippen LogP contribution in [0.25, 0.3) is 0 Å². The van der Waals surface area contributed by atoms with Crippen LogP contribution in [0.5, 0.6) is 0 Å². The Bertz CT molecular complexity index is 2500. The van der Waals surface area contributed by atoms with Gasteiger partial charge in [-0.05, 0) is 135 Å². The van der Waals surface area contributed by atoms with Gasteiger partial charge in [-0.15, -0.1) is 0 Å². The smallest absolute Gasteiger partial charge is 0.463 e. The van der Waals surface area contributed by atoms with Crippen molar-refractivity contribution in [3.05, 3.63) is 122 Å². The van der Waals surface area contributed by atoms with Crippen LogP contribution in [0.1, 0.15) is 393 Å². The van der Waals surface area contributed by atoms with Crippen molar-refractivity contribution in [2.75, 3.05) is 39.6 Å². The molecule has 0 saturated heterocycles. The summed E-state index contributed by atoms with van der Waals surface area (Å²) >= 11 is 0. The zero-order valence-electron chi connectivity index (χ0n) is 70.6. The Hall–Kier alpha value is -4.05. The number of rotatable bonds is 85. The monoisotopic (exact) mass is 1600 g/mol. The van der Waals surface area contributed by atoms with Gasteiger partial charge >= 0.3 is 33.6 Å². The summed E-state index contributed by atoms with van der Waals surface area (Å²) in [6.07, 6.45) is 104. The molecule has 0 saturated carbocycles. The number of aliphatic hydroxyl groups is 2. The summed E-state index contributed by atoms with van der Waals surface area (Å²) in [6, 6.07) is 0. The summed E-state index contributed by atoms with van der Waals surface area (Å²) in [5, 5.41) is 20.7. The number of aliphatic hydroxyl groups excluding tert-OH is 2. The van der Waals surface area contributed by atoms with Gasteiger partial charge in [0.1, 0.15) is 25.4 Å². The number of hydrogen-bond donors (Lipinski definition) is 4. The first-order valence-corrected chi connectivity index (χ1v) is 47.8. The lowest BCUT2D eigenvalue weighted by atomic mass is 10.0. The van der Waals surface area contributed by atoms with Gasteiger partial charge in [0.25, 0.3) is 0 Å². The van der Waals surface area contributed by atoms with E-state index in [1.807, 2.05) is 0 Å². The van der Waals surface area contributed by atoms with Gasteiger partial charge in [0.2, 0.25) is 0 Å². The van der Waals surface area contributed by atoms with Crippen LogP contribution < -0.4 is 0 Å². The van der Waals surface area contributed by atoms with Gasteiger partial charge in [0.15, 0.2) is 6.10 Å². The maximum atomic E-state index is 13.0. The molecule has 0 amide bonds. The van der Waals surface area contributed by atoms with Gasteiger partial charge in [-0.25, -0.2) is 9.13 Å². The maximum Gasteiger partial charge on any atom is 0.472 e. The Morgan fingerprint density at radius 2 is 0.477 bits per heavy atom. The first-order chi connectivity index (χ1) is 54.2. The summed E-state index contributed by atoms with van der Waals surface area (Å²) in [5.74, 6) is -1.57. The molecule has 0 aliphatic heterocycles. The average molecular weight is 1600 g/mol. The van der Waals surface area contributed by atoms with Crippen LogP contribution in [-0.4, -0.2) is 95.9 Å². The Balaban J connectivity index is 4.45. The van der Waals surface area contributed by atoms with Gasteiger partial charge in [0, 0.05) is 19.3 Å². The third kappa shape index (κ3) is 86.6. The molecule has 642 valence electrons. The summed E-state index contributed by atoms with van der Waals surface area (Å²) in [4.78, 5) is 58.8. The predicted molar refractivity (Wildman–Crippen MR) is 463 cm³/mol. The van der Waals surface area contributed by atoms with E-state index >= 15 is 0 Å². The summed E-state index contributed by atoms with van der Waals surface area (Å²) in [7, 11) is -9.80. The fourth-order valence-electron chi connectivity index (χ4n) is 12.3. The van der Waals surface area contributed by atoms with Crippen molar-refractivity contribution < 1.29 is 75.8 Å². The number of hydrogen-bond acceptors (Lipinski definition) is 14. The number of allylic oxidation sites excluding steroid dienone is 20. The Labute approximate surface area is 678 Å². The lowest BCUT2D eigenvalue weighted by Gasteiger charge is -2.21. The molecule has 4 N–H and O–H groups in total. The molecule has 16 nitrogen and oxygen atoms in total.